The molecule has 4 rings (SSSR count). The Bertz CT molecular complexity index is 1060. The molecule has 1 heterocycles. The molecule has 4 nitrogen and oxygen atoms in total. The number of benzene rings is 3. The number of aryl methyl sites for hydroxylation is 1. The van der Waals surface area contributed by atoms with Crippen LogP contribution in [-0.4, -0.2) is 38.0 Å². The Kier molecular flexibility index (Phi) is 6.91. The van der Waals surface area contributed by atoms with Crippen LogP contribution in [0.3, 0.4) is 0 Å². The molecule has 32 heavy (non-hydrogen) atoms. The van der Waals surface area contributed by atoms with Gasteiger partial charge in [-0.15, -0.1) is 0 Å². The van der Waals surface area contributed by atoms with E-state index in [9.17, 15) is 4.79 Å². The van der Waals surface area contributed by atoms with E-state index in [0.29, 0.717) is 13.0 Å². The lowest BCUT2D eigenvalue weighted by atomic mass is 9.96. The van der Waals surface area contributed by atoms with E-state index in [0.717, 1.165) is 25.1 Å². The van der Waals surface area contributed by atoms with E-state index in [-0.39, 0.29) is 11.9 Å². The van der Waals surface area contributed by atoms with Crippen molar-refractivity contribution in [1.29, 1.82) is 0 Å². The average Bonchev–Trinajstić information content (AvgIpc) is 2.79. The van der Waals surface area contributed by atoms with Gasteiger partial charge >= 0.3 is 0 Å². The van der Waals surface area contributed by atoms with Crippen LogP contribution in [0.5, 0.6) is 0 Å². The first-order chi connectivity index (χ1) is 15.5. The SMILES string of the molecule is Cc1cccc(CC(=O)NC[C@@H](c2ccc(N(C)C)cc2)N2CCc3ccccc3C2)c1. The Morgan fingerprint density at radius 1 is 1.00 bits per heavy atom. The third-order valence-electron chi connectivity index (χ3n) is 6.33. The molecular weight excluding hydrogens is 394 g/mol. The molecule has 166 valence electrons. The number of fused-ring (bicyclic) bond motifs is 1. The third-order valence-corrected chi connectivity index (χ3v) is 6.33. The van der Waals surface area contributed by atoms with Crippen LogP contribution in [-0.2, 0) is 24.2 Å². The summed E-state index contributed by atoms with van der Waals surface area (Å²) in [6, 6.07) is 25.7. The maximum atomic E-state index is 12.7. The summed E-state index contributed by atoms with van der Waals surface area (Å²) in [4.78, 5) is 17.4. The minimum absolute atomic E-state index is 0.0721. The number of rotatable bonds is 7. The van der Waals surface area contributed by atoms with Gasteiger partial charge in [-0.05, 0) is 47.7 Å². The molecule has 0 unspecified atom stereocenters. The Balaban J connectivity index is 1.50. The lowest BCUT2D eigenvalue weighted by Crippen LogP contribution is -2.41. The number of anilines is 1. The molecule has 0 fully saturated rings. The molecule has 0 aromatic heterocycles. The van der Waals surface area contributed by atoms with Gasteiger partial charge in [0.2, 0.25) is 5.91 Å². The van der Waals surface area contributed by atoms with E-state index in [1.165, 1.54) is 27.9 Å². The van der Waals surface area contributed by atoms with Crippen LogP contribution in [0.15, 0.2) is 72.8 Å². The van der Waals surface area contributed by atoms with Crippen LogP contribution in [0, 0.1) is 6.92 Å². The van der Waals surface area contributed by atoms with Crippen LogP contribution < -0.4 is 10.2 Å². The minimum atomic E-state index is 0.0721. The van der Waals surface area contributed by atoms with Gasteiger partial charge in [0.05, 0.1) is 12.5 Å². The van der Waals surface area contributed by atoms with Crippen molar-refractivity contribution in [2.75, 3.05) is 32.1 Å². The van der Waals surface area contributed by atoms with Gasteiger partial charge in [-0.25, -0.2) is 0 Å². The predicted molar refractivity (Wildman–Crippen MR) is 132 cm³/mol. The van der Waals surface area contributed by atoms with E-state index >= 15 is 0 Å². The van der Waals surface area contributed by atoms with Crippen molar-refractivity contribution < 1.29 is 4.79 Å². The molecule has 0 bridgehead atoms. The molecule has 0 spiro atoms. The minimum Gasteiger partial charge on any atom is -0.378 e. The standard InChI is InChI=1S/C28H33N3O/c1-21-7-6-8-22(17-21)18-28(32)29-19-27(24-11-13-26(14-12-24)30(2)3)31-16-15-23-9-4-5-10-25(23)20-31/h4-14,17,27H,15-16,18-20H2,1-3H3,(H,29,32)/t27-/m0/s1. The second kappa shape index (κ2) is 10.0. The number of hydrogen-bond acceptors (Lipinski definition) is 3. The van der Waals surface area contributed by atoms with Gasteiger partial charge in [-0.2, -0.15) is 0 Å². The van der Waals surface area contributed by atoms with E-state index in [2.05, 4.69) is 96.8 Å². The third kappa shape index (κ3) is 5.38. The first kappa shape index (κ1) is 22.1. The van der Waals surface area contributed by atoms with Crippen LogP contribution in [0.2, 0.25) is 0 Å². The van der Waals surface area contributed by atoms with Crippen molar-refractivity contribution >= 4 is 11.6 Å². The second-order valence-electron chi connectivity index (χ2n) is 8.96. The summed E-state index contributed by atoms with van der Waals surface area (Å²) in [7, 11) is 4.11. The molecule has 1 amide bonds. The summed E-state index contributed by atoms with van der Waals surface area (Å²) in [6.07, 6.45) is 1.45. The fourth-order valence-electron chi connectivity index (χ4n) is 4.52. The molecule has 3 aromatic rings. The van der Waals surface area contributed by atoms with Crippen molar-refractivity contribution in [3.05, 3.63) is 101 Å². The van der Waals surface area contributed by atoms with Gasteiger partial charge in [0.15, 0.2) is 0 Å². The van der Waals surface area contributed by atoms with Crippen LogP contribution in [0.4, 0.5) is 5.69 Å². The Hall–Kier alpha value is -3.11. The van der Waals surface area contributed by atoms with Crippen LogP contribution >= 0.6 is 0 Å². The Morgan fingerprint density at radius 2 is 1.75 bits per heavy atom. The van der Waals surface area contributed by atoms with Gasteiger partial charge in [-0.3, -0.25) is 9.69 Å². The van der Waals surface area contributed by atoms with Gasteiger partial charge in [0.1, 0.15) is 0 Å². The largest absolute Gasteiger partial charge is 0.378 e. The van der Waals surface area contributed by atoms with Crippen molar-refractivity contribution in [1.82, 2.24) is 10.2 Å². The van der Waals surface area contributed by atoms with Crippen molar-refractivity contribution in [3.63, 3.8) is 0 Å². The first-order valence-corrected chi connectivity index (χ1v) is 11.4. The van der Waals surface area contributed by atoms with E-state index < -0.39 is 0 Å². The first-order valence-electron chi connectivity index (χ1n) is 11.4. The molecule has 0 radical (unpaired) electrons. The van der Waals surface area contributed by atoms with Crippen LogP contribution in [0.25, 0.3) is 0 Å². The van der Waals surface area contributed by atoms with Crippen molar-refractivity contribution in [3.8, 4) is 0 Å². The summed E-state index contributed by atoms with van der Waals surface area (Å²) in [6.45, 7) is 4.56. The van der Waals surface area contributed by atoms with E-state index in [4.69, 9.17) is 0 Å². The number of carbonyl (C=O) groups excluding carboxylic acids is 1. The van der Waals surface area contributed by atoms with Gasteiger partial charge in [0.25, 0.3) is 0 Å². The molecule has 1 aliphatic rings. The van der Waals surface area contributed by atoms with Crippen molar-refractivity contribution in [2.24, 2.45) is 0 Å². The number of nitrogens with zero attached hydrogens (tertiary/aromatic N) is 2. The maximum Gasteiger partial charge on any atom is 0.224 e. The fourth-order valence-corrected chi connectivity index (χ4v) is 4.52. The van der Waals surface area contributed by atoms with Crippen molar-refractivity contribution in [2.45, 2.75) is 32.4 Å². The lowest BCUT2D eigenvalue weighted by molar-refractivity contribution is -0.120. The average molecular weight is 428 g/mol. The molecule has 0 aliphatic carbocycles. The predicted octanol–water partition coefficient (Wildman–Crippen LogP) is 4.52. The zero-order valence-corrected chi connectivity index (χ0v) is 19.3. The highest BCUT2D eigenvalue weighted by Crippen LogP contribution is 2.28. The quantitative estimate of drug-likeness (QED) is 0.602. The summed E-state index contributed by atoms with van der Waals surface area (Å²) >= 11 is 0. The molecule has 0 saturated heterocycles. The molecule has 1 N–H and O–H groups in total. The van der Waals surface area contributed by atoms with E-state index in [1.54, 1.807) is 0 Å². The number of amides is 1. The molecule has 3 aromatic carbocycles. The molecule has 4 heteroatoms. The topological polar surface area (TPSA) is 35.6 Å². The monoisotopic (exact) mass is 427 g/mol. The van der Waals surface area contributed by atoms with E-state index in [1.807, 2.05) is 12.1 Å². The van der Waals surface area contributed by atoms with Gasteiger partial charge in [-0.1, -0.05) is 66.2 Å². The molecule has 1 aliphatic heterocycles. The molecule has 0 saturated carbocycles. The highest BCUT2D eigenvalue weighted by molar-refractivity contribution is 5.78. The fraction of sp³-hybridized carbons (Fsp3) is 0.321. The summed E-state index contributed by atoms with van der Waals surface area (Å²) in [5.41, 5.74) is 7.49. The Labute approximate surface area is 191 Å². The second-order valence-corrected chi connectivity index (χ2v) is 8.96. The van der Waals surface area contributed by atoms with Gasteiger partial charge < -0.3 is 10.2 Å². The smallest absolute Gasteiger partial charge is 0.224 e. The summed E-state index contributed by atoms with van der Waals surface area (Å²) in [5, 5.41) is 3.22. The number of hydrogen-bond donors (Lipinski definition) is 1. The molecule has 1 atom stereocenters. The lowest BCUT2D eigenvalue weighted by Gasteiger charge is -2.36. The normalized spacial score (nSPS) is 14.5. The molecular formula is C28H33N3O. The summed E-state index contributed by atoms with van der Waals surface area (Å²) in [5.74, 6) is 0.0721. The zero-order chi connectivity index (χ0) is 22.5. The Morgan fingerprint density at radius 3 is 2.47 bits per heavy atom. The number of carbonyl (C=O) groups is 1. The highest BCUT2D eigenvalue weighted by atomic mass is 16.1. The number of nitrogens with one attached hydrogen (secondary N) is 1. The van der Waals surface area contributed by atoms with Gasteiger partial charge in [0, 0.05) is 39.4 Å². The zero-order valence-electron chi connectivity index (χ0n) is 19.3. The highest BCUT2D eigenvalue weighted by Gasteiger charge is 2.25. The summed E-state index contributed by atoms with van der Waals surface area (Å²) < 4.78 is 0. The van der Waals surface area contributed by atoms with Crippen LogP contribution in [0.1, 0.15) is 33.9 Å². The maximum absolute atomic E-state index is 12.7.